The topological polar surface area (TPSA) is 30.9 Å². The molecule has 1 aromatic heterocycles. The highest BCUT2D eigenvalue weighted by Crippen LogP contribution is 2.51. The molecule has 0 saturated heterocycles. The number of para-hydroxylation sites is 1. The van der Waals surface area contributed by atoms with Crippen LogP contribution in [0.15, 0.2) is 115 Å². The van der Waals surface area contributed by atoms with Crippen molar-refractivity contribution < 1.29 is 0 Å². The second kappa shape index (κ2) is 8.16. The van der Waals surface area contributed by atoms with Gasteiger partial charge < -0.3 is 10.3 Å². The summed E-state index contributed by atoms with van der Waals surface area (Å²) in [5.41, 5.74) is 15.9. The summed E-state index contributed by atoms with van der Waals surface area (Å²) in [7, 11) is 0. The Bertz CT molecular complexity index is 1450. The molecule has 2 N–H and O–H groups in total. The van der Waals surface area contributed by atoms with Crippen molar-refractivity contribution in [2.75, 3.05) is 6.54 Å². The lowest BCUT2D eigenvalue weighted by atomic mass is 9.82. The van der Waals surface area contributed by atoms with Gasteiger partial charge >= 0.3 is 0 Å². The number of aromatic nitrogens is 1. The van der Waals surface area contributed by atoms with E-state index < -0.39 is 5.54 Å². The van der Waals surface area contributed by atoms with Crippen LogP contribution in [0.1, 0.15) is 33.5 Å². The molecule has 0 saturated carbocycles. The van der Waals surface area contributed by atoms with Crippen molar-refractivity contribution in [3.05, 3.63) is 149 Å². The summed E-state index contributed by atoms with van der Waals surface area (Å²) in [4.78, 5) is 0. The third-order valence-corrected chi connectivity index (χ3v) is 7.13. The largest absolute Gasteiger partial charge is 0.330 e. The minimum absolute atomic E-state index is 0.454. The van der Waals surface area contributed by atoms with Crippen molar-refractivity contribution in [1.82, 2.24) is 4.57 Å². The third kappa shape index (κ3) is 2.99. The maximum atomic E-state index is 6.17. The average Bonchev–Trinajstić information content (AvgIpc) is 3.41. The van der Waals surface area contributed by atoms with Crippen LogP contribution in [0.3, 0.4) is 0 Å². The van der Waals surface area contributed by atoms with E-state index in [1.165, 1.54) is 50.0 Å². The monoisotopic (exact) mass is 440 g/mol. The highest BCUT2D eigenvalue weighted by atomic mass is 15.1. The summed E-state index contributed by atoms with van der Waals surface area (Å²) in [5.74, 6) is 0. The molecule has 0 fully saturated rings. The second-order valence-corrected chi connectivity index (χ2v) is 9.14. The van der Waals surface area contributed by atoms with Gasteiger partial charge in [-0.3, -0.25) is 0 Å². The Hall–Kier alpha value is -3.88. The van der Waals surface area contributed by atoms with Gasteiger partial charge in [0.05, 0.1) is 11.2 Å². The molecule has 0 aliphatic carbocycles. The summed E-state index contributed by atoms with van der Waals surface area (Å²) in [5, 5.41) is 1.29. The molecule has 1 aliphatic heterocycles. The van der Waals surface area contributed by atoms with Gasteiger partial charge in [0.1, 0.15) is 5.54 Å². The van der Waals surface area contributed by atoms with Crippen LogP contribution in [0.4, 0.5) is 0 Å². The van der Waals surface area contributed by atoms with Gasteiger partial charge in [-0.2, -0.15) is 0 Å². The van der Waals surface area contributed by atoms with E-state index >= 15 is 0 Å². The van der Waals surface area contributed by atoms with Crippen LogP contribution in [0, 0.1) is 6.92 Å². The first-order valence-electron chi connectivity index (χ1n) is 12.0. The van der Waals surface area contributed by atoms with Crippen LogP contribution in [-0.4, -0.2) is 11.1 Å². The minimum atomic E-state index is -0.454. The van der Waals surface area contributed by atoms with Crippen molar-refractivity contribution in [2.24, 2.45) is 5.73 Å². The number of allylic oxidation sites excluding steroid dienone is 1. The summed E-state index contributed by atoms with van der Waals surface area (Å²) < 4.78 is 2.56. The van der Waals surface area contributed by atoms with Crippen LogP contribution < -0.4 is 5.73 Å². The van der Waals surface area contributed by atoms with Gasteiger partial charge in [-0.15, -0.1) is 0 Å². The van der Waals surface area contributed by atoms with Crippen molar-refractivity contribution in [1.29, 1.82) is 0 Å². The summed E-state index contributed by atoms with van der Waals surface area (Å²) in [6.45, 7) is 2.76. The smallest absolute Gasteiger partial charge is 0.115 e. The van der Waals surface area contributed by atoms with E-state index in [2.05, 4.69) is 127 Å². The number of nitrogens with zero attached hydrogens (tertiary/aromatic N) is 1. The van der Waals surface area contributed by atoms with Crippen molar-refractivity contribution in [3.63, 3.8) is 0 Å². The maximum absolute atomic E-state index is 6.17. The summed E-state index contributed by atoms with van der Waals surface area (Å²) in [6, 6.07) is 39.5. The molecule has 0 radical (unpaired) electrons. The zero-order chi connectivity index (χ0) is 23.1. The van der Waals surface area contributed by atoms with Crippen molar-refractivity contribution in [2.45, 2.75) is 18.9 Å². The van der Waals surface area contributed by atoms with Crippen LogP contribution in [0.5, 0.6) is 0 Å². The average molecular weight is 441 g/mol. The first kappa shape index (κ1) is 20.7. The standard InChI is InChI=1S/C32H28N2/c1-23-16-18-24(19-17-23)29-22-32(25-10-4-2-5-11-25,26-12-6-3-7-13-26)34-30-15-9-8-14-27(30)28(20-21-33)31(29)34/h2-19,22H,20-21,33H2,1H3. The Morgan fingerprint density at radius 2 is 1.29 bits per heavy atom. The number of fused-ring (bicyclic) bond motifs is 3. The highest BCUT2D eigenvalue weighted by Gasteiger charge is 2.43. The molecule has 166 valence electrons. The molecule has 0 unspecified atom stereocenters. The Labute approximate surface area is 201 Å². The lowest BCUT2D eigenvalue weighted by molar-refractivity contribution is 0.567. The number of benzene rings is 4. The number of rotatable bonds is 5. The van der Waals surface area contributed by atoms with Gasteiger partial charge in [0.2, 0.25) is 0 Å². The van der Waals surface area contributed by atoms with Crippen molar-refractivity contribution in [3.8, 4) is 0 Å². The molecule has 5 aromatic rings. The molecule has 0 bridgehead atoms. The van der Waals surface area contributed by atoms with Gasteiger partial charge in [0.25, 0.3) is 0 Å². The fourth-order valence-corrected chi connectivity index (χ4v) is 5.62. The van der Waals surface area contributed by atoms with Crippen LogP contribution in [0.2, 0.25) is 0 Å². The van der Waals surface area contributed by atoms with E-state index in [-0.39, 0.29) is 0 Å². The molecular formula is C32H28N2. The zero-order valence-corrected chi connectivity index (χ0v) is 19.4. The Kier molecular flexibility index (Phi) is 4.97. The number of hydrogen-bond donors (Lipinski definition) is 1. The molecular weight excluding hydrogens is 412 g/mol. The molecule has 0 atom stereocenters. The Morgan fingerprint density at radius 1 is 0.706 bits per heavy atom. The number of hydrogen-bond acceptors (Lipinski definition) is 1. The number of nitrogens with two attached hydrogens (primary N) is 1. The first-order valence-corrected chi connectivity index (χ1v) is 12.0. The molecule has 34 heavy (non-hydrogen) atoms. The van der Waals surface area contributed by atoms with Gasteiger partial charge in [0, 0.05) is 11.0 Å². The number of aryl methyl sites for hydroxylation is 1. The Balaban J connectivity index is 1.80. The van der Waals surface area contributed by atoms with Gasteiger partial charge in [-0.1, -0.05) is 109 Å². The van der Waals surface area contributed by atoms with Gasteiger partial charge in [-0.05, 0) is 54.3 Å². The van der Waals surface area contributed by atoms with E-state index in [9.17, 15) is 0 Å². The van der Waals surface area contributed by atoms with Gasteiger partial charge in [-0.25, -0.2) is 0 Å². The van der Waals surface area contributed by atoms with Crippen LogP contribution >= 0.6 is 0 Å². The van der Waals surface area contributed by atoms with Gasteiger partial charge in [0.15, 0.2) is 0 Å². The second-order valence-electron chi connectivity index (χ2n) is 9.14. The molecule has 2 heteroatoms. The molecule has 6 rings (SSSR count). The van der Waals surface area contributed by atoms with E-state index in [0.29, 0.717) is 6.54 Å². The quantitative estimate of drug-likeness (QED) is 0.324. The molecule has 0 amide bonds. The molecule has 2 nitrogen and oxygen atoms in total. The normalized spacial score (nSPS) is 14.2. The van der Waals surface area contributed by atoms with E-state index in [1.54, 1.807) is 0 Å². The Morgan fingerprint density at radius 3 is 1.91 bits per heavy atom. The lowest BCUT2D eigenvalue weighted by Crippen LogP contribution is -2.32. The first-order chi connectivity index (χ1) is 16.7. The molecule has 4 aromatic carbocycles. The van der Waals surface area contributed by atoms with Crippen molar-refractivity contribution >= 4 is 16.5 Å². The fourth-order valence-electron chi connectivity index (χ4n) is 5.62. The summed E-state index contributed by atoms with van der Waals surface area (Å²) in [6.07, 6.45) is 3.32. The zero-order valence-electron chi connectivity index (χ0n) is 19.4. The predicted molar refractivity (Wildman–Crippen MR) is 142 cm³/mol. The minimum Gasteiger partial charge on any atom is -0.330 e. The highest BCUT2D eigenvalue weighted by molar-refractivity contribution is 5.97. The SMILES string of the molecule is Cc1ccc(C2=CC(c3ccccc3)(c3ccccc3)n3c2c(CCN)c2ccccc23)cc1. The predicted octanol–water partition coefficient (Wildman–Crippen LogP) is 6.69. The molecule has 1 aliphatic rings. The van der Waals surface area contributed by atoms with E-state index in [1.807, 2.05) is 0 Å². The maximum Gasteiger partial charge on any atom is 0.115 e. The summed E-state index contributed by atoms with van der Waals surface area (Å²) >= 11 is 0. The third-order valence-electron chi connectivity index (χ3n) is 7.13. The molecule has 0 spiro atoms. The lowest BCUT2D eigenvalue weighted by Gasteiger charge is -2.33. The van der Waals surface area contributed by atoms with Crippen LogP contribution in [0.25, 0.3) is 16.5 Å². The van der Waals surface area contributed by atoms with Crippen LogP contribution in [-0.2, 0) is 12.0 Å². The van der Waals surface area contributed by atoms with E-state index in [0.717, 1.165) is 6.42 Å². The molecule has 2 heterocycles. The van der Waals surface area contributed by atoms with E-state index in [4.69, 9.17) is 5.73 Å². The fraction of sp³-hybridized carbons (Fsp3) is 0.125.